The van der Waals surface area contributed by atoms with E-state index < -0.39 is 53.2 Å². The number of anilines is 1. The van der Waals surface area contributed by atoms with Gasteiger partial charge in [0.1, 0.15) is 35.8 Å². The first-order valence-electron chi connectivity index (χ1n) is 13.3. The van der Waals surface area contributed by atoms with Crippen molar-refractivity contribution >= 4 is 50.4 Å². The standard InChI is InChI=1S/C24H29N9O9P2/c1-12-6-19(33-14-5-3-4-13(23(26)34)20(14)30-31-33)40-16(12)8-39-44(36)42-15-7-18(41-17(15)9-38-43(35)37-2)32-11-29-21-22(25)27-10-28-24(21)32/h3-5,10-11,15-19,43-44H,1,6-9H2,2H3,(H2,26,34)(H2,25,27,28)/t15-,16+,17+,18+,19+/m0/s1. The SMILES string of the molecule is C=C1C[C@H](n2nnc3c(C(N)=O)cccc32)O[C@@H]1CO[PH](=O)O[C@H]1C[C@H](n2cnc3c(N)ncnc32)O[C@@H]1CO[PH](=O)OC. The Bertz CT molecular complexity index is 1770. The molecule has 0 spiro atoms. The zero-order valence-electron chi connectivity index (χ0n) is 23.3. The normalized spacial score (nSPS) is 25.2. The number of benzene rings is 1. The predicted octanol–water partition coefficient (Wildman–Crippen LogP) is 1.93. The molecule has 2 aliphatic heterocycles. The molecule has 1 amide bonds. The Morgan fingerprint density at radius 1 is 1.11 bits per heavy atom. The lowest BCUT2D eigenvalue weighted by Crippen LogP contribution is -2.27. The van der Waals surface area contributed by atoms with E-state index in [1.807, 2.05) is 0 Å². The van der Waals surface area contributed by atoms with Gasteiger partial charge in [0.15, 0.2) is 17.7 Å². The number of primary amides is 1. The van der Waals surface area contributed by atoms with E-state index in [1.165, 1.54) is 24.4 Å². The van der Waals surface area contributed by atoms with Gasteiger partial charge in [0.25, 0.3) is 5.91 Å². The van der Waals surface area contributed by atoms with E-state index in [4.69, 9.17) is 39.0 Å². The van der Waals surface area contributed by atoms with Crippen LogP contribution in [0.3, 0.4) is 0 Å². The van der Waals surface area contributed by atoms with Crippen LogP contribution >= 0.6 is 16.5 Å². The van der Waals surface area contributed by atoms with E-state index in [1.54, 1.807) is 22.8 Å². The van der Waals surface area contributed by atoms with E-state index in [9.17, 15) is 13.9 Å². The Kier molecular flexibility index (Phi) is 8.84. The van der Waals surface area contributed by atoms with Crippen molar-refractivity contribution < 1.29 is 41.5 Å². The van der Waals surface area contributed by atoms with Crippen molar-refractivity contribution in [3.63, 3.8) is 0 Å². The fraction of sp³-hybridized carbons (Fsp3) is 0.417. The minimum Gasteiger partial charge on any atom is -0.382 e. The molecule has 20 heteroatoms. The first-order valence-corrected chi connectivity index (χ1v) is 15.8. The van der Waals surface area contributed by atoms with Crippen molar-refractivity contribution in [1.29, 1.82) is 0 Å². The van der Waals surface area contributed by atoms with Gasteiger partial charge < -0.3 is 39.0 Å². The molecule has 3 aromatic heterocycles. The van der Waals surface area contributed by atoms with Crippen LogP contribution < -0.4 is 11.5 Å². The van der Waals surface area contributed by atoms with E-state index >= 15 is 0 Å². The van der Waals surface area contributed by atoms with Gasteiger partial charge in [0.2, 0.25) is 0 Å². The molecule has 0 radical (unpaired) electrons. The van der Waals surface area contributed by atoms with Gasteiger partial charge in [-0.1, -0.05) is 17.9 Å². The average molecular weight is 649 g/mol. The van der Waals surface area contributed by atoms with Crippen LogP contribution in [0.2, 0.25) is 0 Å². The third-order valence-electron chi connectivity index (χ3n) is 7.26. The second kappa shape index (κ2) is 12.8. The summed E-state index contributed by atoms with van der Waals surface area (Å²) < 4.78 is 61.5. The van der Waals surface area contributed by atoms with E-state index in [-0.39, 0.29) is 31.0 Å². The highest BCUT2D eigenvalue weighted by molar-refractivity contribution is 7.33. The zero-order valence-corrected chi connectivity index (χ0v) is 25.3. The van der Waals surface area contributed by atoms with E-state index in [0.29, 0.717) is 34.2 Å². The lowest BCUT2D eigenvalue weighted by atomic mass is 10.1. The van der Waals surface area contributed by atoms with Crippen molar-refractivity contribution in [3.05, 3.63) is 48.6 Å². The number of fused-ring (bicyclic) bond motifs is 2. The predicted molar refractivity (Wildman–Crippen MR) is 154 cm³/mol. The summed E-state index contributed by atoms with van der Waals surface area (Å²) in [4.78, 5) is 24.2. The van der Waals surface area contributed by atoms with Crippen molar-refractivity contribution in [1.82, 2.24) is 34.5 Å². The quantitative estimate of drug-likeness (QED) is 0.165. The monoisotopic (exact) mass is 649 g/mol. The summed E-state index contributed by atoms with van der Waals surface area (Å²) >= 11 is 0. The number of rotatable bonds is 12. The molecular weight excluding hydrogens is 620 g/mol. The molecule has 2 saturated heterocycles. The first-order chi connectivity index (χ1) is 21.2. The van der Waals surface area contributed by atoms with Gasteiger partial charge in [-0.25, -0.2) is 19.6 Å². The molecule has 1 aromatic carbocycles. The molecule has 6 rings (SSSR count). The fourth-order valence-corrected chi connectivity index (χ4v) is 6.37. The topological polar surface area (TPSA) is 233 Å². The third-order valence-corrected chi connectivity index (χ3v) is 8.90. The van der Waals surface area contributed by atoms with E-state index in [2.05, 4.69) is 31.8 Å². The van der Waals surface area contributed by atoms with Crippen LogP contribution in [-0.2, 0) is 36.7 Å². The molecule has 4 N–H and O–H groups in total. The van der Waals surface area contributed by atoms with Crippen LogP contribution in [0.15, 0.2) is 43.0 Å². The van der Waals surface area contributed by atoms with Crippen LogP contribution in [0.4, 0.5) is 5.82 Å². The van der Waals surface area contributed by atoms with E-state index in [0.717, 1.165) is 0 Å². The Balaban J connectivity index is 1.10. The van der Waals surface area contributed by atoms with Crippen molar-refractivity contribution in [2.75, 3.05) is 26.1 Å². The molecule has 2 aliphatic rings. The van der Waals surface area contributed by atoms with Crippen LogP contribution in [-0.4, -0.2) is 79.1 Å². The Morgan fingerprint density at radius 2 is 1.93 bits per heavy atom. The molecule has 2 unspecified atom stereocenters. The molecule has 0 saturated carbocycles. The smallest absolute Gasteiger partial charge is 0.319 e. The van der Waals surface area contributed by atoms with Crippen molar-refractivity contribution in [3.8, 4) is 0 Å². The summed E-state index contributed by atoms with van der Waals surface area (Å²) in [6.07, 6.45) is 0.0502. The van der Waals surface area contributed by atoms with Gasteiger partial charge in [0, 0.05) is 20.0 Å². The number of carbonyl (C=O) groups excluding carboxylic acids is 1. The highest BCUT2D eigenvalue weighted by Crippen LogP contribution is 2.41. The molecule has 5 heterocycles. The number of imidazole rings is 1. The Morgan fingerprint density at radius 3 is 2.73 bits per heavy atom. The second-order valence-electron chi connectivity index (χ2n) is 9.94. The molecule has 44 heavy (non-hydrogen) atoms. The van der Waals surface area contributed by atoms with Crippen molar-refractivity contribution in [2.45, 2.75) is 43.6 Å². The van der Waals surface area contributed by atoms with Gasteiger partial charge in [-0.2, -0.15) is 0 Å². The highest BCUT2D eigenvalue weighted by atomic mass is 31.1. The lowest BCUT2D eigenvalue weighted by molar-refractivity contribution is -0.0383. The highest BCUT2D eigenvalue weighted by Gasteiger charge is 2.40. The summed E-state index contributed by atoms with van der Waals surface area (Å²) in [6, 6.07) is 5.00. The summed E-state index contributed by atoms with van der Waals surface area (Å²) in [7, 11) is -4.58. The zero-order chi connectivity index (χ0) is 31.0. The van der Waals surface area contributed by atoms with Gasteiger partial charge in [-0.15, -0.1) is 5.10 Å². The largest absolute Gasteiger partial charge is 0.382 e. The molecule has 234 valence electrons. The van der Waals surface area contributed by atoms with Crippen LogP contribution in [0, 0.1) is 0 Å². The summed E-state index contributed by atoms with van der Waals surface area (Å²) in [5, 5.41) is 8.23. The number of hydrogen-bond acceptors (Lipinski definition) is 15. The second-order valence-corrected chi connectivity index (χ2v) is 12.2. The number of ether oxygens (including phenoxy) is 2. The van der Waals surface area contributed by atoms with Crippen LogP contribution in [0.5, 0.6) is 0 Å². The number of nitrogens with two attached hydrogens (primary N) is 2. The molecule has 2 fully saturated rings. The number of carbonyl (C=O) groups is 1. The minimum absolute atomic E-state index is 0.107. The Labute approximate surface area is 250 Å². The van der Waals surface area contributed by atoms with Crippen LogP contribution in [0.1, 0.15) is 35.7 Å². The van der Waals surface area contributed by atoms with Crippen LogP contribution in [0.25, 0.3) is 22.2 Å². The van der Waals surface area contributed by atoms with Gasteiger partial charge in [-0.3, -0.25) is 18.5 Å². The maximum absolute atomic E-state index is 13.0. The number of aromatic nitrogens is 7. The first kappa shape index (κ1) is 30.4. The third kappa shape index (κ3) is 6.03. The average Bonchev–Trinajstić information content (AvgIpc) is 3.79. The number of hydrogen-bond donors (Lipinski definition) is 2. The summed E-state index contributed by atoms with van der Waals surface area (Å²) in [6.45, 7) is 3.80. The van der Waals surface area contributed by atoms with Crippen molar-refractivity contribution in [2.24, 2.45) is 5.73 Å². The van der Waals surface area contributed by atoms with Gasteiger partial charge >= 0.3 is 16.5 Å². The number of nitrogens with zero attached hydrogens (tertiary/aromatic N) is 7. The van der Waals surface area contributed by atoms with Gasteiger partial charge in [0.05, 0.1) is 36.7 Å². The lowest BCUT2D eigenvalue weighted by Gasteiger charge is -2.19. The summed E-state index contributed by atoms with van der Waals surface area (Å²) in [5.41, 5.74) is 14.1. The molecule has 18 nitrogen and oxygen atoms in total. The molecule has 7 atom stereocenters. The van der Waals surface area contributed by atoms with Gasteiger partial charge in [-0.05, 0) is 17.7 Å². The maximum atomic E-state index is 13.0. The fourth-order valence-electron chi connectivity index (χ4n) is 5.10. The Hall–Kier alpha value is -3.60. The molecule has 0 aliphatic carbocycles. The maximum Gasteiger partial charge on any atom is 0.319 e. The minimum atomic E-state index is -3.08. The molecular formula is C24H29N9O9P2. The summed E-state index contributed by atoms with van der Waals surface area (Å²) in [5.74, 6) is -0.407. The molecule has 0 bridgehead atoms. The number of amides is 1. The molecule has 4 aromatic rings. The number of nitrogen functional groups attached to an aromatic ring is 1.